The van der Waals surface area contributed by atoms with Crippen molar-refractivity contribution < 1.29 is 13.9 Å². The van der Waals surface area contributed by atoms with E-state index in [4.69, 9.17) is 13.9 Å². The molecule has 0 atom stereocenters. The Morgan fingerprint density at radius 2 is 1.32 bits per heavy atom. The number of hydrogen-bond acceptors (Lipinski definition) is 6. The second-order valence-corrected chi connectivity index (χ2v) is 9.59. The van der Waals surface area contributed by atoms with Gasteiger partial charge in [-0.25, -0.2) is 0 Å². The van der Waals surface area contributed by atoms with Gasteiger partial charge in [-0.05, 0) is 102 Å². The van der Waals surface area contributed by atoms with Gasteiger partial charge in [0.1, 0.15) is 11.3 Å². The lowest BCUT2D eigenvalue weighted by Crippen LogP contribution is -2.23. The topological polar surface area (TPSA) is 55.1 Å². The Morgan fingerprint density at radius 1 is 0.703 bits per heavy atom. The van der Waals surface area contributed by atoms with Crippen molar-refractivity contribution >= 4 is 21.9 Å². The Labute approximate surface area is 222 Å². The molecule has 3 aromatic rings. The molecular formula is C31H46N2O4. The van der Waals surface area contributed by atoms with Crippen LogP contribution in [0.1, 0.15) is 66.2 Å². The summed E-state index contributed by atoms with van der Waals surface area (Å²) in [5.41, 5.74) is 1.01. The molecule has 0 amide bonds. The predicted octanol–water partition coefficient (Wildman–Crippen LogP) is 6.73. The lowest BCUT2D eigenvalue weighted by atomic mass is 10.1. The molecule has 6 heteroatoms. The van der Waals surface area contributed by atoms with Gasteiger partial charge in [-0.1, -0.05) is 33.8 Å². The first-order chi connectivity index (χ1) is 18.1. The molecule has 2 aromatic carbocycles. The van der Waals surface area contributed by atoms with Gasteiger partial charge >= 0.3 is 0 Å². The van der Waals surface area contributed by atoms with Gasteiger partial charge in [-0.15, -0.1) is 0 Å². The average molecular weight is 511 g/mol. The van der Waals surface area contributed by atoms with Gasteiger partial charge in [0.05, 0.1) is 24.0 Å². The number of benzene rings is 2. The number of ether oxygens (including phenoxy) is 2. The van der Waals surface area contributed by atoms with Gasteiger partial charge < -0.3 is 23.7 Å². The van der Waals surface area contributed by atoms with Crippen LogP contribution in [0.4, 0.5) is 0 Å². The largest absolute Gasteiger partial charge is 0.493 e. The fraction of sp³-hybridized carbons (Fsp3) is 0.581. The van der Waals surface area contributed by atoms with Crippen LogP contribution in [0.3, 0.4) is 0 Å². The van der Waals surface area contributed by atoms with E-state index in [1.54, 1.807) is 12.1 Å². The maximum atomic E-state index is 13.2. The molecule has 37 heavy (non-hydrogen) atoms. The van der Waals surface area contributed by atoms with E-state index in [-0.39, 0.29) is 5.43 Å². The maximum absolute atomic E-state index is 13.2. The van der Waals surface area contributed by atoms with Crippen LogP contribution in [0.15, 0.2) is 45.6 Å². The fourth-order valence-corrected chi connectivity index (χ4v) is 4.71. The summed E-state index contributed by atoms with van der Waals surface area (Å²) in [6.45, 7) is 16.8. The highest BCUT2D eigenvalue weighted by molar-refractivity contribution is 5.92. The Hall–Kier alpha value is -2.57. The first-order valence-corrected chi connectivity index (χ1v) is 14.3. The van der Waals surface area contributed by atoms with Gasteiger partial charge in [0.25, 0.3) is 0 Å². The molecule has 0 fully saturated rings. The third-order valence-electron chi connectivity index (χ3n) is 7.19. The Bertz CT molecular complexity index is 1140. The van der Waals surface area contributed by atoms with Gasteiger partial charge in [-0.2, -0.15) is 0 Å². The smallest absolute Gasteiger partial charge is 0.200 e. The minimum atomic E-state index is -0.0381. The van der Waals surface area contributed by atoms with E-state index in [1.165, 1.54) is 12.8 Å². The van der Waals surface area contributed by atoms with Crippen LogP contribution >= 0.6 is 0 Å². The molecule has 0 aliphatic rings. The molecule has 0 radical (unpaired) electrons. The molecule has 204 valence electrons. The molecule has 0 aliphatic carbocycles. The molecule has 0 saturated heterocycles. The molecule has 0 aliphatic heterocycles. The van der Waals surface area contributed by atoms with Gasteiger partial charge in [0.2, 0.25) is 5.43 Å². The monoisotopic (exact) mass is 510 g/mol. The van der Waals surface area contributed by atoms with Gasteiger partial charge in [-0.3, -0.25) is 4.79 Å². The van der Waals surface area contributed by atoms with E-state index in [0.717, 1.165) is 70.7 Å². The zero-order valence-electron chi connectivity index (χ0n) is 23.4. The van der Waals surface area contributed by atoms with Crippen molar-refractivity contribution in [1.29, 1.82) is 0 Å². The van der Waals surface area contributed by atoms with Crippen molar-refractivity contribution in [2.45, 2.75) is 66.2 Å². The maximum Gasteiger partial charge on any atom is 0.200 e. The first-order valence-electron chi connectivity index (χ1n) is 14.3. The minimum Gasteiger partial charge on any atom is -0.493 e. The van der Waals surface area contributed by atoms with Gasteiger partial charge in [0, 0.05) is 6.07 Å². The molecule has 0 N–H and O–H groups in total. The number of unbranched alkanes of at least 4 members (excludes halogenated alkanes) is 4. The molecule has 0 unspecified atom stereocenters. The number of para-hydroxylation sites is 1. The second kappa shape index (κ2) is 15.6. The Balaban J connectivity index is 1.59. The van der Waals surface area contributed by atoms with Gasteiger partial charge in [0.15, 0.2) is 11.3 Å². The van der Waals surface area contributed by atoms with E-state index in [0.29, 0.717) is 40.9 Å². The summed E-state index contributed by atoms with van der Waals surface area (Å²) in [5, 5.41) is 1.11. The number of nitrogens with zero attached hydrogens (tertiary/aromatic N) is 2. The highest BCUT2D eigenvalue weighted by atomic mass is 16.5. The van der Waals surface area contributed by atoms with Crippen LogP contribution in [0, 0.1) is 0 Å². The van der Waals surface area contributed by atoms with Crippen LogP contribution < -0.4 is 14.9 Å². The Morgan fingerprint density at radius 3 is 1.95 bits per heavy atom. The molecule has 0 bridgehead atoms. The molecule has 0 saturated carbocycles. The Kier molecular flexibility index (Phi) is 12.2. The van der Waals surface area contributed by atoms with Crippen LogP contribution in [0.25, 0.3) is 21.9 Å². The van der Waals surface area contributed by atoms with Crippen molar-refractivity contribution in [1.82, 2.24) is 9.80 Å². The van der Waals surface area contributed by atoms with Crippen molar-refractivity contribution in [3.05, 3.63) is 46.6 Å². The summed E-state index contributed by atoms with van der Waals surface area (Å²) < 4.78 is 18.3. The normalized spacial score (nSPS) is 11.7. The van der Waals surface area contributed by atoms with E-state index < -0.39 is 0 Å². The molecule has 0 spiro atoms. The van der Waals surface area contributed by atoms with Crippen LogP contribution in [0.5, 0.6) is 11.5 Å². The van der Waals surface area contributed by atoms with Crippen LogP contribution in [-0.2, 0) is 0 Å². The summed E-state index contributed by atoms with van der Waals surface area (Å²) in [6, 6.07) is 11.0. The summed E-state index contributed by atoms with van der Waals surface area (Å²) in [4.78, 5) is 18.0. The van der Waals surface area contributed by atoms with Crippen molar-refractivity contribution in [2.75, 3.05) is 52.5 Å². The fourth-order valence-electron chi connectivity index (χ4n) is 4.71. The third kappa shape index (κ3) is 8.47. The predicted molar refractivity (Wildman–Crippen MR) is 154 cm³/mol. The highest BCUT2D eigenvalue weighted by Gasteiger charge is 2.13. The lowest BCUT2D eigenvalue weighted by Gasteiger charge is -2.17. The highest BCUT2D eigenvalue weighted by Crippen LogP contribution is 2.29. The average Bonchev–Trinajstić information content (AvgIpc) is 2.92. The van der Waals surface area contributed by atoms with Crippen molar-refractivity contribution in [2.24, 2.45) is 0 Å². The SMILES string of the molecule is CCN(CC)CCCCCOc1ccc2c(=O)c3cccc(OCCCCCN(CC)CC)c3oc2c1. The van der Waals surface area contributed by atoms with E-state index in [9.17, 15) is 4.79 Å². The first kappa shape index (κ1) is 29.0. The van der Waals surface area contributed by atoms with E-state index >= 15 is 0 Å². The molecule has 6 nitrogen and oxygen atoms in total. The molecule has 1 heterocycles. The second-order valence-electron chi connectivity index (χ2n) is 9.59. The minimum absolute atomic E-state index is 0.0381. The van der Waals surface area contributed by atoms with E-state index in [1.807, 2.05) is 24.3 Å². The number of hydrogen-bond donors (Lipinski definition) is 0. The number of rotatable bonds is 18. The molecular weight excluding hydrogens is 464 g/mol. The standard InChI is InChI=1S/C31H46N2O4/c1-5-32(6-2)20-11-9-13-22-35-25-18-19-26-29(24-25)37-31-27(30(26)34)16-15-17-28(31)36-23-14-10-12-21-33(7-3)8-4/h15-19,24H,5-14,20-23H2,1-4H3. The van der Waals surface area contributed by atoms with Crippen molar-refractivity contribution in [3.8, 4) is 11.5 Å². The quantitative estimate of drug-likeness (QED) is 0.140. The van der Waals surface area contributed by atoms with Crippen molar-refractivity contribution in [3.63, 3.8) is 0 Å². The lowest BCUT2D eigenvalue weighted by molar-refractivity contribution is 0.276. The molecule has 1 aromatic heterocycles. The van der Waals surface area contributed by atoms with Crippen LogP contribution in [-0.4, -0.2) is 62.3 Å². The zero-order valence-corrected chi connectivity index (χ0v) is 23.4. The van der Waals surface area contributed by atoms with Crippen LogP contribution in [0.2, 0.25) is 0 Å². The van der Waals surface area contributed by atoms with E-state index in [2.05, 4.69) is 37.5 Å². The molecule has 3 rings (SSSR count). The third-order valence-corrected chi connectivity index (χ3v) is 7.19. The zero-order chi connectivity index (χ0) is 26.5. The number of fused-ring (bicyclic) bond motifs is 2. The summed E-state index contributed by atoms with van der Waals surface area (Å²) in [7, 11) is 0. The summed E-state index contributed by atoms with van der Waals surface area (Å²) >= 11 is 0. The summed E-state index contributed by atoms with van der Waals surface area (Å²) in [6.07, 6.45) is 6.59. The summed E-state index contributed by atoms with van der Waals surface area (Å²) in [5.74, 6) is 1.35.